The van der Waals surface area contributed by atoms with Crippen molar-refractivity contribution in [2.75, 3.05) is 13.1 Å². The fourth-order valence-corrected chi connectivity index (χ4v) is 1.58. The number of rotatable bonds is 4. The van der Waals surface area contributed by atoms with Crippen molar-refractivity contribution in [2.24, 2.45) is 11.7 Å². The molecule has 114 valence electrons. The third kappa shape index (κ3) is 7.52. The minimum absolute atomic E-state index is 0.127. The lowest BCUT2D eigenvalue weighted by molar-refractivity contribution is -0.134. The molecule has 1 amide bonds. The fraction of sp³-hybridized carbons (Fsp3) is 0.615. The highest BCUT2D eigenvalue weighted by atomic mass is 16.4. The van der Waals surface area contributed by atoms with Crippen LogP contribution in [0.15, 0.2) is 12.2 Å². The largest absolute Gasteiger partial charge is 0.478 e. The first kappa shape index (κ1) is 18.1. The smallest absolute Gasteiger partial charge is 0.328 e. The molecule has 0 spiro atoms. The van der Waals surface area contributed by atoms with Gasteiger partial charge in [0.2, 0.25) is 5.91 Å². The molecule has 0 radical (unpaired) electrons. The lowest BCUT2D eigenvalue weighted by Crippen LogP contribution is -2.45. The van der Waals surface area contributed by atoms with E-state index in [9.17, 15) is 14.4 Å². The molecule has 0 aromatic heterocycles. The summed E-state index contributed by atoms with van der Waals surface area (Å²) in [5.41, 5.74) is 5.75. The van der Waals surface area contributed by atoms with E-state index < -0.39 is 11.9 Å². The molecule has 0 aliphatic carbocycles. The molecule has 7 heteroatoms. The standard InChI is InChI=1S/C9H18N2O.C4H4O4/c1-7(2)8(10)9(12)11-5-3-4-6-11;5-3(6)1-2-4(7)8/h7-8H,3-6,10H2,1-2H3;1-2H,(H,5,6)(H,7,8). The Kier molecular flexibility index (Phi) is 8.23. The number of hydrogen-bond acceptors (Lipinski definition) is 4. The number of carbonyl (C=O) groups excluding carboxylic acids is 1. The third-order valence-corrected chi connectivity index (χ3v) is 2.79. The van der Waals surface area contributed by atoms with Crippen molar-refractivity contribution in [2.45, 2.75) is 32.7 Å². The lowest BCUT2D eigenvalue weighted by atomic mass is 10.0. The second-order valence-electron chi connectivity index (χ2n) is 4.81. The Morgan fingerprint density at radius 3 is 1.75 bits per heavy atom. The van der Waals surface area contributed by atoms with E-state index in [-0.39, 0.29) is 17.9 Å². The average Bonchev–Trinajstić information content (AvgIpc) is 2.89. The van der Waals surface area contributed by atoms with Gasteiger partial charge < -0.3 is 20.8 Å². The minimum atomic E-state index is -1.26. The summed E-state index contributed by atoms with van der Waals surface area (Å²) in [6.45, 7) is 5.77. The molecule has 0 aromatic rings. The summed E-state index contributed by atoms with van der Waals surface area (Å²) in [5.74, 6) is -2.14. The molecule has 1 unspecified atom stereocenters. The molecule has 1 fully saturated rings. The zero-order valence-electron chi connectivity index (χ0n) is 11.8. The highest BCUT2D eigenvalue weighted by molar-refractivity contribution is 5.89. The number of aliphatic carboxylic acids is 2. The lowest BCUT2D eigenvalue weighted by Gasteiger charge is -2.22. The van der Waals surface area contributed by atoms with E-state index in [2.05, 4.69) is 0 Å². The molecule has 1 rings (SSSR count). The van der Waals surface area contributed by atoms with Gasteiger partial charge in [-0.1, -0.05) is 13.8 Å². The van der Waals surface area contributed by atoms with Gasteiger partial charge in [-0.3, -0.25) is 4.79 Å². The van der Waals surface area contributed by atoms with Crippen LogP contribution in [-0.4, -0.2) is 52.1 Å². The Morgan fingerprint density at radius 2 is 1.45 bits per heavy atom. The first-order valence-electron chi connectivity index (χ1n) is 6.44. The number of likely N-dealkylation sites (tertiary alicyclic amines) is 1. The van der Waals surface area contributed by atoms with Crippen LogP contribution in [0.5, 0.6) is 0 Å². The Bertz CT molecular complexity index is 353. The third-order valence-electron chi connectivity index (χ3n) is 2.79. The highest BCUT2D eigenvalue weighted by Crippen LogP contribution is 2.11. The van der Waals surface area contributed by atoms with Crippen molar-refractivity contribution in [3.8, 4) is 0 Å². The van der Waals surface area contributed by atoms with Crippen LogP contribution in [0.3, 0.4) is 0 Å². The van der Waals surface area contributed by atoms with Gasteiger partial charge in [0.15, 0.2) is 0 Å². The maximum atomic E-state index is 11.6. The Morgan fingerprint density at radius 1 is 1.05 bits per heavy atom. The number of nitrogens with two attached hydrogens (primary N) is 1. The van der Waals surface area contributed by atoms with E-state index in [0.717, 1.165) is 25.9 Å². The van der Waals surface area contributed by atoms with Crippen LogP contribution in [0.4, 0.5) is 0 Å². The van der Waals surface area contributed by atoms with Gasteiger partial charge in [0.1, 0.15) is 0 Å². The van der Waals surface area contributed by atoms with E-state index >= 15 is 0 Å². The summed E-state index contributed by atoms with van der Waals surface area (Å²) < 4.78 is 0. The monoisotopic (exact) mass is 286 g/mol. The van der Waals surface area contributed by atoms with Gasteiger partial charge in [-0.05, 0) is 18.8 Å². The molecule has 20 heavy (non-hydrogen) atoms. The first-order valence-corrected chi connectivity index (χ1v) is 6.44. The molecule has 0 aromatic carbocycles. The molecule has 1 atom stereocenters. The van der Waals surface area contributed by atoms with Gasteiger partial charge in [-0.15, -0.1) is 0 Å². The van der Waals surface area contributed by atoms with Crippen LogP contribution < -0.4 is 5.73 Å². The number of hydrogen-bond donors (Lipinski definition) is 3. The second kappa shape index (κ2) is 9.08. The first-order chi connectivity index (χ1) is 9.25. The Labute approximate surface area is 118 Å². The topological polar surface area (TPSA) is 121 Å². The van der Waals surface area contributed by atoms with E-state index in [1.54, 1.807) is 0 Å². The SMILES string of the molecule is CC(C)C(N)C(=O)N1CCCC1.O=C(O)C=CC(=O)O. The van der Waals surface area contributed by atoms with Gasteiger partial charge >= 0.3 is 11.9 Å². The number of carboxylic acids is 2. The quantitative estimate of drug-likeness (QED) is 0.639. The number of amides is 1. The zero-order chi connectivity index (χ0) is 15.7. The van der Waals surface area contributed by atoms with E-state index in [1.807, 2.05) is 18.7 Å². The van der Waals surface area contributed by atoms with Crippen molar-refractivity contribution in [3.63, 3.8) is 0 Å². The fourth-order valence-electron chi connectivity index (χ4n) is 1.58. The zero-order valence-corrected chi connectivity index (χ0v) is 11.8. The Balaban J connectivity index is 0.000000396. The molecule has 7 nitrogen and oxygen atoms in total. The van der Waals surface area contributed by atoms with Crippen molar-refractivity contribution in [3.05, 3.63) is 12.2 Å². The van der Waals surface area contributed by atoms with Crippen LogP contribution in [0, 0.1) is 5.92 Å². The van der Waals surface area contributed by atoms with Crippen LogP contribution >= 0.6 is 0 Å². The predicted octanol–water partition coefficient (Wildman–Crippen LogP) is 0.304. The van der Waals surface area contributed by atoms with Crippen LogP contribution in [0.25, 0.3) is 0 Å². The minimum Gasteiger partial charge on any atom is -0.478 e. The van der Waals surface area contributed by atoms with E-state index in [0.29, 0.717) is 12.2 Å². The maximum absolute atomic E-state index is 11.6. The predicted molar refractivity (Wildman–Crippen MR) is 73.0 cm³/mol. The normalized spacial score (nSPS) is 15.9. The summed E-state index contributed by atoms with van der Waals surface area (Å²) in [7, 11) is 0. The number of carbonyl (C=O) groups is 3. The molecular formula is C13H22N2O5. The summed E-state index contributed by atoms with van der Waals surface area (Å²) in [6, 6.07) is -0.303. The van der Waals surface area contributed by atoms with Crippen LogP contribution in [0.2, 0.25) is 0 Å². The summed E-state index contributed by atoms with van der Waals surface area (Å²) in [6.07, 6.45) is 3.39. The van der Waals surface area contributed by atoms with Gasteiger partial charge in [0, 0.05) is 25.2 Å². The van der Waals surface area contributed by atoms with Gasteiger partial charge in [-0.25, -0.2) is 9.59 Å². The van der Waals surface area contributed by atoms with Crippen LogP contribution in [-0.2, 0) is 14.4 Å². The molecule has 1 aliphatic rings. The van der Waals surface area contributed by atoms with Crippen molar-refractivity contribution in [1.82, 2.24) is 4.90 Å². The molecule has 1 saturated heterocycles. The summed E-state index contributed by atoms with van der Waals surface area (Å²) >= 11 is 0. The van der Waals surface area contributed by atoms with Gasteiger partial charge in [0.05, 0.1) is 6.04 Å². The van der Waals surface area contributed by atoms with Crippen molar-refractivity contribution >= 4 is 17.8 Å². The van der Waals surface area contributed by atoms with Crippen LogP contribution in [0.1, 0.15) is 26.7 Å². The van der Waals surface area contributed by atoms with Gasteiger partial charge in [-0.2, -0.15) is 0 Å². The Hall–Kier alpha value is -1.89. The van der Waals surface area contributed by atoms with Crippen molar-refractivity contribution in [1.29, 1.82) is 0 Å². The molecule has 1 aliphatic heterocycles. The maximum Gasteiger partial charge on any atom is 0.328 e. The average molecular weight is 286 g/mol. The molecule has 4 N–H and O–H groups in total. The second-order valence-corrected chi connectivity index (χ2v) is 4.81. The molecular weight excluding hydrogens is 264 g/mol. The van der Waals surface area contributed by atoms with E-state index in [1.165, 1.54) is 0 Å². The van der Waals surface area contributed by atoms with Crippen molar-refractivity contribution < 1.29 is 24.6 Å². The molecule has 1 heterocycles. The number of nitrogens with zero attached hydrogens (tertiary/aromatic N) is 1. The van der Waals surface area contributed by atoms with Gasteiger partial charge in [0.25, 0.3) is 0 Å². The summed E-state index contributed by atoms with van der Waals surface area (Å²) in [5, 5.41) is 15.6. The highest BCUT2D eigenvalue weighted by Gasteiger charge is 2.25. The summed E-state index contributed by atoms with van der Waals surface area (Å²) in [4.78, 5) is 32.6. The molecule has 0 saturated carbocycles. The molecule has 0 bridgehead atoms. The number of carboxylic acid groups (broad SMARTS) is 2. The van der Waals surface area contributed by atoms with E-state index in [4.69, 9.17) is 15.9 Å².